The lowest BCUT2D eigenvalue weighted by Crippen LogP contribution is -2.34. The molecule has 1 N–H and O–H groups in total. The van der Waals surface area contributed by atoms with E-state index in [4.69, 9.17) is 5.11 Å². The van der Waals surface area contributed by atoms with Crippen LogP contribution >= 0.6 is 0 Å². The van der Waals surface area contributed by atoms with Gasteiger partial charge < -0.3 is 5.11 Å². The van der Waals surface area contributed by atoms with Crippen molar-refractivity contribution in [3.8, 4) is 0 Å². The maximum atomic E-state index is 11.1. The van der Waals surface area contributed by atoms with Crippen molar-refractivity contribution in [2.45, 2.75) is 19.8 Å². The minimum absolute atomic E-state index is 0.419. The predicted molar refractivity (Wildman–Crippen MR) is 50.6 cm³/mol. The first-order valence-electron chi connectivity index (χ1n) is 4.34. The number of hydrogen-bond acceptors (Lipinski definition) is 2. The molecule has 0 aromatic carbocycles. The van der Waals surface area contributed by atoms with Crippen LogP contribution in [0.3, 0.4) is 0 Å². The number of carboxylic acid groups (broad SMARTS) is 1. The first-order valence-corrected chi connectivity index (χ1v) is 5.85. The van der Waals surface area contributed by atoms with E-state index in [2.05, 4.69) is 0 Å². The molecule has 0 aliphatic carbocycles. The fourth-order valence-corrected chi connectivity index (χ4v) is 2.45. The van der Waals surface area contributed by atoms with Crippen LogP contribution in [0.5, 0.6) is 0 Å². The van der Waals surface area contributed by atoms with Gasteiger partial charge in [-0.3, -0.25) is 4.79 Å². The van der Waals surface area contributed by atoms with Crippen LogP contribution in [0, 0.1) is 5.41 Å². The van der Waals surface area contributed by atoms with Crippen molar-refractivity contribution >= 4 is 17.0 Å². The number of aliphatic carboxylic acids is 1. The largest absolute Gasteiger partial charge is 0.481 e. The van der Waals surface area contributed by atoms with E-state index in [0.29, 0.717) is 25.9 Å². The van der Waals surface area contributed by atoms with E-state index in [1.165, 1.54) is 0 Å². The lowest BCUT2D eigenvalue weighted by Gasteiger charge is -2.21. The molecule has 13 heavy (non-hydrogen) atoms. The Morgan fingerprint density at radius 2 is 2.31 bits per heavy atom. The Kier molecular flexibility index (Phi) is 3.08. The summed E-state index contributed by atoms with van der Waals surface area (Å²) in [6.07, 6.45) is 2.81. The highest BCUT2D eigenvalue weighted by Gasteiger charge is 2.44. The second kappa shape index (κ2) is 3.75. The highest BCUT2D eigenvalue weighted by molar-refractivity contribution is 7.81. The molecule has 4 nitrogen and oxygen atoms in total. The molecule has 2 atom stereocenters. The van der Waals surface area contributed by atoms with Gasteiger partial charge in [-0.1, -0.05) is 6.92 Å². The van der Waals surface area contributed by atoms with Gasteiger partial charge in [-0.2, -0.15) is 0 Å². The number of carboxylic acids is 1. The molecule has 0 saturated carbocycles. The third-order valence-corrected chi connectivity index (χ3v) is 3.85. The summed E-state index contributed by atoms with van der Waals surface area (Å²) in [4.78, 5) is 11.0. The first-order chi connectivity index (χ1) is 6.02. The van der Waals surface area contributed by atoms with Crippen molar-refractivity contribution in [1.29, 1.82) is 0 Å². The van der Waals surface area contributed by atoms with E-state index in [1.807, 2.05) is 6.92 Å². The van der Waals surface area contributed by atoms with Crippen LogP contribution in [0.1, 0.15) is 19.8 Å². The van der Waals surface area contributed by atoms with Crippen LogP contribution < -0.4 is 0 Å². The normalized spacial score (nSPS) is 31.8. The Hall–Kier alpha value is -0.420. The van der Waals surface area contributed by atoms with Gasteiger partial charge in [0.2, 0.25) is 0 Å². The zero-order valence-electron chi connectivity index (χ0n) is 7.95. The Morgan fingerprint density at radius 3 is 2.54 bits per heavy atom. The maximum absolute atomic E-state index is 11.1. The Morgan fingerprint density at radius 1 is 1.69 bits per heavy atom. The van der Waals surface area contributed by atoms with Crippen LogP contribution in [-0.2, 0) is 15.8 Å². The van der Waals surface area contributed by atoms with E-state index in [-0.39, 0.29) is 0 Å². The summed E-state index contributed by atoms with van der Waals surface area (Å²) in [5.41, 5.74) is -0.661. The first kappa shape index (κ1) is 10.7. The van der Waals surface area contributed by atoms with E-state index in [1.54, 1.807) is 10.6 Å². The molecular weight excluding hydrogens is 190 g/mol. The van der Waals surface area contributed by atoms with E-state index in [0.717, 1.165) is 0 Å². The smallest absolute Gasteiger partial charge is 0.311 e. The molecule has 1 aliphatic heterocycles. The van der Waals surface area contributed by atoms with Crippen molar-refractivity contribution in [3.63, 3.8) is 0 Å². The molecule has 2 unspecified atom stereocenters. The second-order valence-electron chi connectivity index (χ2n) is 3.48. The molecular formula is C8H15NO3S. The minimum Gasteiger partial charge on any atom is -0.481 e. The SMILES string of the molecule is CCC1(C(=O)O)CCN(S(C)=O)C1. The van der Waals surface area contributed by atoms with Gasteiger partial charge in [0.1, 0.15) is 0 Å². The number of nitrogens with zero attached hydrogens (tertiary/aromatic N) is 1. The molecule has 0 aromatic rings. The average molecular weight is 205 g/mol. The van der Waals surface area contributed by atoms with Gasteiger partial charge in [0, 0.05) is 19.3 Å². The summed E-state index contributed by atoms with van der Waals surface area (Å²) < 4.78 is 12.8. The van der Waals surface area contributed by atoms with Gasteiger partial charge in [-0.05, 0) is 12.8 Å². The van der Waals surface area contributed by atoms with Crippen LogP contribution in [0.4, 0.5) is 0 Å². The highest BCUT2D eigenvalue weighted by atomic mass is 32.2. The summed E-state index contributed by atoms with van der Waals surface area (Å²) in [6, 6.07) is 0. The zero-order valence-corrected chi connectivity index (χ0v) is 8.76. The topological polar surface area (TPSA) is 57.6 Å². The van der Waals surface area contributed by atoms with Crippen molar-refractivity contribution < 1.29 is 14.1 Å². The lowest BCUT2D eigenvalue weighted by molar-refractivity contribution is -0.148. The Bertz CT molecular complexity index is 244. The number of rotatable bonds is 3. The molecule has 1 rings (SSSR count). The third-order valence-electron chi connectivity index (χ3n) is 2.81. The lowest BCUT2D eigenvalue weighted by atomic mass is 9.85. The van der Waals surface area contributed by atoms with E-state index < -0.39 is 22.4 Å². The zero-order chi connectivity index (χ0) is 10.1. The molecule has 1 aliphatic rings. The van der Waals surface area contributed by atoms with Crippen molar-refractivity contribution in [1.82, 2.24) is 4.31 Å². The second-order valence-corrected chi connectivity index (χ2v) is 4.84. The minimum atomic E-state index is -1.04. The van der Waals surface area contributed by atoms with Gasteiger partial charge in [0.25, 0.3) is 0 Å². The number of carbonyl (C=O) groups is 1. The Labute approximate surface area is 80.5 Å². The number of hydrogen-bond donors (Lipinski definition) is 1. The Balaban J connectivity index is 2.74. The van der Waals surface area contributed by atoms with Gasteiger partial charge in [0.15, 0.2) is 0 Å². The van der Waals surface area contributed by atoms with Crippen LogP contribution in [0.25, 0.3) is 0 Å². The monoisotopic (exact) mass is 205 g/mol. The van der Waals surface area contributed by atoms with Gasteiger partial charge in [-0.15, -0.1) is 0 Å². The summed E-state index contributed by atoms with van der Waals surface area (Å²) in [6.45, 7) is 2.92. The van der Waals surface area contributed by atoms with E-state index >= 15 is 0 Å². The molecule has 0 bridgehead atoms. The average Bonchev–Trinajstić information content (AvgIpc) is 2.49. The van der Waals surface area contributed by atoms with E-state index in [9.17, 15) is 9.00 Å². The fourth-order valence-electron chi connectivity index (χ4n) is 1.67. The molecule has 1 fully saturated rings. The molecule has 0 radical (unpaired) electrons. The van der Waals surface area contributed by atoms with Gasteiger partial charge in [-0.25, -0.2) is 8.51 Å². The van der Waals surface area contributed by atoms with Crippen LogP contribution in [0.15, 0.2) is 0 Å². The van der Waals surface area contributed by atoms with Crippen molar-refractivity contribution in [2.24, 2.45) is 5.41 Å². The fraction of sp³-hybridized carbons (Fsp3) is 0.875. The van der Waals surface area contributed by atoms with Crippen LogP contribution in [-0.4, -0.2) is 38.9 Å². The highest BCUT2D eigenvalue weighted by Crippen LogP contribution is 2.34. The van der Waals surface area contributed by atoms with Gasteiger partial charge in [0.05, 0.1) is 16.4 Å². The van der Waals surface area contributed by atoms with Crippen molar-refractivity contribution in [2.75, 3.05) is 19.3 Å². The summed E-state index contributed by atoms with van der Waals surface area (Å²) in [7, 11) is -1.04. The van der Waals surface area contributed by atoms with Crippen molar-refractivity contribution in [3.05, 3.63) is 0 Å². The molecule has 0 aromatic heterocycles. The molecule has 5 heteroatoms. The standard InChI is InChI=1S/C8H15NO3S/c1-3-8(7(10)11)4-5-9(6-8)13(2)12/h3-6H2,1-2H3,(H,10,11). The summed E-state index contributed by atoms with van der Waals surface area (Å²) in [5.74, 6) is -0.761. The molecule has 0 amide bonds. The summed E-state index contributed by atoms with van der Waals surface area (Å²) in [5, 5.41) is 9.04. The molecule has 0 spiro atoms. The van der Waals surface area contributed by atoms with Crippen LogP contribution in [0.2, 0.25) is 0 Å². The summed E-state index contributed by atoms with van der Waals surface area (Å²) >= 11 is 0. The molecule has 1 saturated heterocycles. The predicted octanol–water partition coefficient (Wildman–Crippen LogP) is 0.467. The quantitative estimate of drug-likeness (QED) is 0.728. The molecule has 1 heterocycles. The third kappa shape index (κ3) is 1.91. The maximum Gasteiger partial charge on any atom is 0.311 e. The van der Waals surface area contributed by atoms with Gasteiger partial charge >= 0.3 is 5.97 Å². The molecule has 76 valence electrons.